The van der Waals surface area contributed by atoms with Gasteiger partial charge in [-0.15, -0.1) is 0 Å². The summed E-state index contributed by atoms with van der Waals surface area (Å²) in [7, 11) is 1.57. The maximum Gasteiger partial charge on any atom is 0.136 e. The van der Waals surface area contributed by atoms with Gasteiger partial charge in [-0.1, -0.05) is 19.9 Å². The highest BCUT2D eigenvalue weighted by Gasteiger charge is 2.03. The van der Waals surface area contributed by atoms with Crippen LogP contribution in [0.4, 0.5) is 0 Å². The quantitative estimate of drug-likeness (QED) is 0.731. The molecule has 104 valence electrons. The van der Waals surface area contributed by atoms with Gasteiger partial charge in [-0.05, 0) is 30.7 Å². The molecule has 0 aromatic heterocycles. The molecule has 0 fully saturated rings. The van der Waals surface area contributed by atoms with Crippen LogP contribution in [0.25, 0.3) is 0 Å². The number of nitrogens with zero attached hydrogens (tertiary/aromatic N) is 1. The highest BCUT2D eigenvalue weighted by molar-refractivity contribution is 5.45. The highest BCUT2D eigenvalue weighted by Crippen LogP contribution is 2.19. The molecule has 4 nitrogen and oxygen atoms in total. The lowest BCUT2D eigenvalue weighted by Crippen LogP contribution is -2.24. The highest BCUT2D eigenvalue weighted by atomic mass is 16.5. The van der Waals surface area contributed by atoms with Crippen LogP contribution in [-0.4, -0.2) is 26.3 Å². The van der Waals surface area contributed by atoms with Crippen molar-refractivity contribution < 1.29 is 9.47 Å². The molecule has 0 saturated carbocycles. The molecule has 1 aromatic carbocycles. The zero-order valence-corrected chi connectivity index (χ0v) is 11.9. The summed E-state index contributed by atoms with van der Waals surface area (Å²) < 4.78 is 10.8. The van der Waals surface area contributed by atoms with Crippen molar-refractivity contribution in [3.05, 3.63) is 29.3 Å². The van der Waals surface area contributed by atoms with Crippen molar-refractivity contribution in [1.29, 1.82) is 5.26 Å². The van der Waals surface area contributed by atoms with E-state index in [-0.39, 0.29) is 0 Å². The van der Waals surface area contributed by atoms with E-state index in [4.69, 9.17) is 14.7 Å². The van der Waals surface area contributed by atoms with Crippen molar-refractivity contribution >= 4 is 0 Å². The lowest BCUT2D eigenvalue weighted by molar-refractivity contribution is 0.118. The summed E-state index contributed by atoms with van der Waals surface area (Å²) in [6.07, 6.45) is 0.992. The minimum absolute atomic E-state index is 0.516. The van der Waals surface area contributed by atoms with Crippen molar-refractivity contribution in [3.8, 4) is 11.8 Å². The summed E-state index contributed by atoms with van der Waals surface area (Å²) in [6, 6.07) is 8.12. The second kappa shape index (κ2) is 8.52. The predicted molar refractivity (Wildman–Crippen MR) is 75.1 cm³/mol. The topological polar surface area (TPSA) is 54.3 Å². The van der Waals surface area contributed by atoms with Gasteiger partial charge in [0.2, 0.25) is 0 Å². The van der Waals surface area contributed by atoms with E-state index in [0.717, 1.165) is 25.1 Å². The van der Waals surface area contributed by atoms with Gasteiger partial charge in [0.1, 0.15) is 11.8 Å². The van der Waals surface area contributed by atoms with E-state index in [0.29, 0.717) is 24.0 Å². The molecule has 0 unspecified atom stereocenters. The Kier molecular flexibility index (Phi) is 6.94. The molecule has 0 saturated heterocycles. The Labute approximate surface area is 115 Å². The summed E-state index contributed by atoms with van der Waals surface area (Å²) in [4.78, 5) is 0. The van der Waals surface area contributed by atoms with Crippen LogP contribution in [0.3, 0.4) is 0 Å². The Morgan fingerprint density at radius 1 is 1.37 bits per heavy atom. The average molecular weight is 262 g/mol. The zero-order valence-electron chi connectivity index (χ0n) is 11.9. The Balaban J connectivity index is 2.32. The van der Waals surface area contributed by atoms with Gasteiger partial charge in [0.15, 0.2) is 0 Å². The Morgan fingerprint density at radius 3 is 2.79 bits per heavy atom. The standard InChI is InChI=1S/C15H22N2O2/c1-12(2)17-7-4-8-19-11-13-5-6-14(10-16)15(9-13)18-3/h5-6,9,12,17H,4,7-8,11H2,1-3H3. The molecular weight excluding hydrogens is 240 g/mol. The van der Waals surface area contributed by atoms with Gasteiger partial charge >= 0.3 is 0 Å². The molecule has 0 atom stereocenters. The van der Waals surface area contributed by atoms with Crippen LogP contribution < -0.4 is 10.1 Å². The van der Waals surface area contributed by atoms with Gasteiger partial charge in [0.05, 0.1) is 19.3 Å². The molecule has 0 aliphatic heterocycles. The smallest absolute Gasteiger partial charge is 0.136 e. The molecule has 1 rings (SSSR count). The molecule has 1 N–H and O–H groups in total. The lowest BCUT2D eigenvalue weighted by atomic mass is 10.1. The molecular formula is C15H22N2O2. The summed E-state index contributed by atoms with van der Waals surface area (Å²) in [6.45, 7) is 6.49. The van der Waals surface area contributed by atoms with E-state index in [1.807, 2.05) is 12.1 Å². The van der Waals surface area contributed by atoms with Crippen molar-refractivity contribution in [2.75, 3.05) is 20.3 Å². The van der Waals surface area contributed by atoms with Crippen LogP contribution in [0.5, 0.6) is 5.75 Å². The molecule has 0 aliphatic rings. The number of hydrogen-bond donors (Lipinski definition) is 1. The average Bonchev–Trinajstić information content (AvgIpc) is 2.42. The Morgan fingerprint density at radius 2 is 2.16 bits per heavy atom. The second-order valence-corrected chi connectivity index (χ2v) is 4.66. The third-order valence-electron chi connectivity index (χ3n) is 2.67. The molecule has 0 amide bonds. The molecule has 19 heavy (non-hydrogen) atoms. The first-order chi connectivity index (χ1) is 9.17. The number of nitrogens with one attached hydrogen (secondary N) is 1. The molecule has 0 heterocycles. The summed E-state index contributed by atoms with van der Waals surface area (Å²) in [5, 5.41) is 12.2. The van der Waals surface area contributed by atoms with Crippen LogP contribution in [0.1, 0.15) is 31.4 Å². The predicted octanol–water partition coefficient (Wildman–Crippen LogP) is 2.47. The van der Waals surface area contributed by atoms with E-state index >= 15 is 0 Å². The maximum absolute atomic E-state index is 8.89. The van der Waals surface area contributed by atoms with Crippen molar-refractivity contribution in [1.82, 2.24) is 5.32 Å². The van der Waals surface area contributed by atoms with Crippen LogP contribution in [0.2, 0.25) is 0 Å². The number of methoxy groups -OCH3 is 1. The third-order valence-corrected chi connectivity index (χ3v) is 2.67. The maximum atomic E-state index is 8.89. The van der Waals surface area contributed by atoms with Crippen LogP contribution >= 0.6 is 0 Å². The largest absolute Gasteiger partial charge is 0.495 e. The van der Waals surface area contributed by atoms with Crippen LogP contribution in [0.15, 0.2) is 18.2 Å². The Hall–Kier alpha value is -1.57. The molecule has 1 aromatic rings. The van der Waals surface area contributed by atoms with E-state index in [9.17, 15) is 0 Å². The lowest BCUT2D eigenvalue weighted by Gasteiger charge is -2.09. The minimum Gasteiger partial charge on any atom is -0.495 e. The molecule has 0 aliphatic carbocycles. The van der Waals surface area contributed by atoms with Gasteiger partial charge < -0.3 is 14.8 Å². The van der Waals surface area contributed by atoms with Crippen LogP contribution in [0, 0.1) is 11.3 Å². The van der Waals surface area contributed by atoms with Crippen molar-refractivity contribution in [2.45, 2.75) is 32.9 Å². The fourth-order valence-electron chi connectivity index (χ4n) is 1.67. The van der Waals surface area contributed by atoms with Crippen molar-refractivity contribution in [2.24, 2.45) is 0 Å². The number of benzene rings is 1. The van der Waals surface area contributed by atoms with Crippen LogP contribution in [-0.2, 0) is 11.3 Å². The van der Waals surface area contributed by atoms with E-state index in [1.54, 1.807) is 13.2 Å². The van der Waals surface area contributed by atoms with E-state index < -0.39 is 0 Å². The molecule has 4 heteroatoms. The van der Waals surface area contributed by atoms with Gasteiger partial charge in [0.25, 0.3) is 0 Å². The van der Waals surface area contributed by atoms with Gasteiger partial charge in [-0.2, -0.15) is 5.26 Å². The third kappa shape index (κ3) is 5.73. The molecule has 0 radical (unpaired) electrons. The van der Waals surface area contributed by atoms with Gasteiger partial charge in [-0.3, -0.25) is 0 Å². The number of rotatable bonds is 8. The summed E-state index contributed by atoms with van der Waals surface area (Å²) in [5.74, 6) is 0.602. The fraction of sp³-hybridized carbons (Fsp3) is 0.533. The number of ether oxygens (including phenoxy) is 2. The molecule has 0 spiro atoms. The number of nitriles is 1. The minimum atomic E-state index is 0.516. The first-order valence-corrected chi connectivity index (χ1v) is 6.55. The monoisotopic (exact) mass is 262 g/mol. The zero-order chi connectivity index (χ0) is 14.1. The fourth-order valence-corrected chi connectivity index (χ4v) is 1.67. The first-order valence-electron chi connectivity index (χ1n) is 6.55. The van der Waals surface area contributed by atoms with E-state index in [2.05, 4.69) is 25.2 Å². The number of hydrogen-bond acceptors (Lipinski definition) is 4. The first kappa shape index (κ1) is 15.5. The SMILES string of the molecule is COc1cc(COCCCNC(C)C)ccc1C#N. The molecule has 0 bridgehead atoms. The van der Waals surface area contributed by atoms with Gasteiger partial charge in [0, 0.05) is 12.6 Å². The Bertz CT molecular complexity index is 425. The van der Waals surface area contributed by atoms with Crippen molar-refractivity contribution in [3.63, 3.8) is 0 Å². The summed E-state index contributed by atoms with van der Waals surface area (Å²) in [5.41, 5.74) is 1.57. The normalized spacial score (nSPS) is 10.5. The second-order valence-electron chi connectivity index (χ2n) is 4.66. The van der Waals surface area contributed by atoms with E-state index in [1.165, 1.54) is 0 Å². The summed E-state index contributed by atoms with van der Waals surface area (Å²) >= 11 is 0. The van der Waals surface area contributed by atoms with Gasteiger partial charge in [-0.25, -0.2) is 0 Å².